The molecule has 0 bridgehead atoms. The molecule has 3 nitrogen and oxygen atoms in total. The largest absolute Gasteiger partial charge is 0.403 e. The van der Waals surface area contributed by atoms with Crippen molar-refractivity contribution in [2.45, 2.75) is 13.8 Å². The van der Waals surface area contributed by atoms with Crippen molar-refractivity contribution in [2.24, 2.45) is 10.7 Å². The quantitative estimate of drug-likeness (QED) is 0.546. The van der Waals surface area contributed by atoms with Crippen molar-refractivity contribution < 1.29 is 4.79 Å². The first kappa shape index (κ1) is 7.88. The Hall–Kier alpha value is -1.12. The lowest BCUT2D eigenvalue weighted by molar-refractivity contribution is -0.111. The molecule has 0 amide bonds. The summed E-state index contributed by atoms with van der Waals surface area (Å²) in [5.74, 6) is -0.0342. The van der Waals surface area contributed by atoms with Gasteiger partial charge >= 0.3 is 0 Å². The Morgan fingerprint density at radius 3 is 2.44 bits per heavy atom. The Bertz CT molecular complexity index is 158. The minimum absolute atomic E-state index is 0.0342. The summed E-state index contributed by atoms with van der Waals surface area (Å²) in [6, 6.07) is 0. The van der Waals surface area contributed by atoms with Gasteiger partial charge in [0.1, 0.15) is 0 Å². The molecule has 0 spiro atoms. The van der Waals surface area contributed by atoms with E-state index in [9.17, 15) is 4.79 Å². The van der Waals surface area contributed by atoms with Crippen LogP contribution < -0.4 is 5.73 Å². The van der Waals surface area contributed by atoms with Crippen LogP contribution in [0.2, 0.25) is 0 Å². The van der Waals surface area contributed by atoms with Gasteiger partial charge in [0.2, 0.25) is 0 Å². The van der Waals surface area contributed by atoms with Gasteiger partial charge < -0.3 is 5.73 Å². The summed E-state index contributed by atoms with van der Waals surface area (Å²) in [4.78, 5) is 14.1. The molecular formula is C6H10N2O. The van der Waals surface area contributed by atoms with Crippen LogP contribution in [0.1, 0.15) is 13.8 Å². The van der Waals surface area contributed by atoms with Crippen LogP contribution in [0, 0.1) is 0 Å². The zero-order chi connectivity index (χ0) is 7.28. The van der Waals surface area contributed by atoms with E-state index in [-0.39, 0.29) is 5.78 Å². The predicted octanol–water partition coefficient (Wildman–Crippen LogP) is 0.466. The number of Topliss-reactive ketones (excluding diaryl/α,β-unsaturated/α-hetero) is 1. The van der Waals surface area contributed by atoms with Crippen LogP contribution in [0.5, 0.6) is 0 Å². The lowest BCUT2D eigenvalue weighted by Crippen LogP contribution is -2.02. The van der Waals surface area contributed by atoms with Crippen molar-refractivity contribution in [1.82, 2.24) is 0 Å². The van der Waals surface area contributed by atoms with Gasteiger partial charge in [0.05, 0.1) is 5.71 Å². The van der Waals surface area contributed by atoms with Crippen molar-refractivity contribution in [3.63, 3.8) is 0 Å². The molecule has 0 aromatic rings. The molecule has 0 atom stereocenters. The van der Waals surface area contributed by atoms with E-state index in [4.69, 9.17) is 5.73 Å². The number of carbonyl (C=O) groups is 1. The van der Waals surface area contributed by atoms with Gasteiger partial charge in [-0.3, -0.25) is 9.79 Å². The summed E-state index contributed by atoms with van der Waals surface area (Å²) in [7, 11) is 0. The van der Waals surface area contributed by atoms with Gasteiger partial charge in [0.25, 0.3) is 0 Å². The molecule has 0 aliphatic carbocycles. The van der Waals surface area contributed by atoms with Crippen molar-refractivity contribution >= 4 is 11.5 Å². The minimum Gasteiger partial charge on any atom is -0.403 e. The maximum Gasteiger partial charge on any atom is 0.173 e. The Balaban J connectivity index is 4.00. The molecule has 50 valence electrons. The molecule has 9 heavy (non-hydrogen) atoms. The lowest BCUT2D eigenvalue weighted by atomic mass is 10.3. The summed E-state index contributed by atoms with van der Waals surface area (Å²) < 4.78 is 0. The molecule has 0 saturated carbocycles. The van der Waals surface area contributed by atoms with Gasteiger partial charge in [-0.1, -0.05) is 0 Å². The first-order valence-corrected chi connectivity index (χ1v) is 2.60. The van der Waals surface area contributed by atoms with E-state index < -0.39 is 0 Å². The second-order valence-corrected chi connectivity index (χ2v) is 1.61. The summed E-state index contributed by atoms with van der Waals surface area (Å²) in [5, 5.41) is 0. The van der Waals surface area contributed by atoms with Crippen LogP contribution in [-0.2, 0) is 4.79 Å². The second kappa shape index (κ2) is 3.83. The fraction of sp³-hybridized carbons (Fsp3) is 0.333. The molecule has 0 aromatic heterocycles. The van der Waals surface area contributed by atoms with Gasteiger partial charge in [-0.05, 0) is 6.92 Å². The smallest absolute Gasteiger partial charge is 0.173 e. The highest BCUT2D eigenvalue weighted by atomic mass is 16.1. The standard InChI is InChI=1S/C6H10N2O/c1-5(6(2)9)8-4-3-7/h3-4H,7H2,1-2H3/b4-3-,8-5?. The molecular weight excluding hydrogens is 116 g/mol. The molecule has 0 unspecified atom stereocenters. The molecule has 2 N–H and O–H groups in total. The van der Waals surface area contributed by atoms with Gasteiger partial charge in [0.15, 0.2) is 5.78 Å². The fourth-order valence-electron chi connectivity index (χ4n) is 0.246. The molecule has 0 saturated heterocycles. The molecule has 0 aliphatic rings. The van der Waals surface area contributed by atoms with E-state index >= 15 is 0 Å². The Morgan fingerprint density at radius 2 is 2.11 bits per heavy atom. The third-order valence-electron chi connectivity index (χ3n) is 0.864. The number of ketones is 1. The van der Waals surface area contributed by atoms with E-state index in [1.807, 2.05) is 0 Å². The Kier molecular flexibility index (Phi) is 3.35. The SMILES string of the molecule is CC(=O)C(C)=N/C=C\N. The average Bonchev–Trinajstić information content (AvgIpc) is 1.82. The van der Waals surface area contributed by atoms with E-state index in [1.165, 1.54) is 19.3 Å². The molecule has 0 fully saturated rings. The van der Waals surface area contributed by atoms with Crippen LogP contribution in [0.3, 0.4) is 0 Å². The van der Waals surface area contributed by atoms with E-state index in [2.05, 4.69) is 4.99 Å². The van der Waals surface area contributed by atoms with Gasteiger partial charge in [-0.15, -0.1) is 0 Å². The summed E-state index contributed by atoms with van der Waals surface area (Å²) in [5.41, 5.74) is 5.45. The van der Waals surface area contributed by atoms with E-state index in [0.29, 0.717) is 5.71 Å². The molecule has 0 rings (SSSR count). The molecule has 0 aliphatic heterocycles. The number of carbonyl (C=O) groups excluding carboxylic acids is 1. The maximum absolute atomic E-state index is 10.4. The molecule has 0 aromatic carbocycles. The predicted molar refractivity (Wildman–Crippen MR) is 37.1 cm³/mol. The van der Waals surface area contributed by atoms with E-state index in [1.54, 1.807) is 6.92 Å². The van der Waals surface area contributed by atoms with Crippen LogP contribution >= 0.6 is 0 Å². The van der Waals surface area contributed by atoms with Crippen molar-refractivity contribution in [1.29, 1.82) is 0 Å². The fourth-order valence-corrected chi connectivity index (χ4v) is 0.246. The van der Waals surface area contributed by atoms with E-state index in [0.717, 1.165) is 0 Å². The minimum atomic E-state index is -0.0342. The average molecular weight is 126 g/mol. The topological polar surface area (TPSA) is 55.5 Å². The highest BCUT2D eigenvalue weighted by Gasteiger charge is 1.92. The third kappa shape index (κ3) is 3.46. The maximum atomic E-state index is 10.4. The van der Waals surface area contributed by atoms with Crippen molar-refractivity contribution in [3.8, 4) is 0 Å². The summed E-state index contributed by atoms with van der Waals surface area (Å²) in [6.07, 6.45) is 2.67. The van der Waals surface area contributed by atoms with Crippen molar-refractivity contribution in [2.75, 3.05) is 0 Å². The highest BCUT2D eigenvalue weighted by Crippen LogP contribution is 1.79. The number of hydrogen-bond donors (Lipinski definition) is 1. The van der Waals surface area contributed by atoms with Crippen LogP contribution in [-0.4, -0.2) is 11.5 Å². The summed E-state index contributed by atoms with van der Waals surface area (Å²) in [6.45, 7) is 3.10. The molecule has 0 heterocycles. The van der Waals surface area contributed by atoms with Gasteiger partial charge in [0, 0.05) is 19.3 Å². The number of hydrogen-bond acceptors (Lipinski definition) is 3. The van der Waals surface area contributed by atoms with Gasteiger partial charge in [-0.2, -0.15) is 0 Å². The lowest BCUT2D eigenvalue weighted by Gasteiger charge is -1.86. The normalized spacial score (nSPS) is 12.4. The third-order valence-corrected chi connectivity index (χ3v) is 0.864. The number of nitrogens with two attached hydrogens (primary N) is 1. The highest BCUT2D eigenvalue weighted by molar-refractivity contribution is 6.38. The number of rotatable bonds is 2. The van der Waals surface area contributed by atoms with Crippen molar-refractivity contribution in [3.05, 3.63) is 12.4 Å². The Morgan fingerprint density at radius 1 is 1.56 bits per heavy atom. The zero-order valence-corrected chi connectivity index (χ0v) is 5.59. The first-order valence-electron chi connectivity index (χ1n) is 2.60. The molecule has 0 radical (unpaired) electrons. The Labute approximate surface area is 54.3 Å². The van der Waals surface area contributed by atoms with Crippen LogP contribution in [0.4, 0.5) is 0 Å². The van der Waals surface area contributed by atoms with Crippen LogP contribution in [0.25, 0.3) is 0 Å². The summed E-state index contributed by atoms with van der Waals surface area (Å²) >= 11 is 0. The second-order valence-electron chi connectivity index (χ2n) is 1.61. The first-order chi connectivity index (χ1) is 4.18. The number of nitrogens with zero attached hydrogens (tertiary/aromatic N) is 1. The number of aliphatic imine (C=N–C) groups is 1. The zero-order valence-electron chi connectivity index (χ0n) is 5.59. The molecule has 3 heteroatoms. The van der Waals surface area contributed by atoms with Crippen LogP contribution in [0.15, 0.2) is 17.4 Å². The monoisotopic (exact) mass is 126 g/mol. The van der Waals surface area contributed by atoms with Gasteiger partial charge in [-0.25, -0.2) is 0 Å².